The van der Waals surface area contributed by atoms with Gasteiger partial charge in [0.25, 0.3) is 5.91 Å². The molecule has 166 valence electrons. The summed E-state index contributed by atoms with van der Waals surface area (Å²) in [5, 5.41) is 1.41. The Morgan fingerprint density at radius 1 is 1.03 bits per heavy atom. The minimum Gasteiger partial charge on any atom is -0.497 e. The Morgan fingerprint density at radius 3 is 2.55 bits per heavy atom. The van der Waals surface area contributed by atoms with Gasteiger partial charge in [0.05, 0.1) is 19.0 Å². The molecule has 1 aliphatic rings. The van der Waals surface area contributed by atoms with Crippen LogP contribution in [0, 0.1) is 6.92 Å². The Bertz CT molecular complexity index is 1390. The fourth-order valence-electron chi connectivity index (χ4n) is 4.64. The zero-order valence-corrected chi connectivity index (χ0v) is 19.2. The van der Waals surface area contributed by atoms with Gasteiger partial charge in [-0.3, -0.25) is 14.2 Å². The maximum atomic E-state index is 13.5. The van der Waals surface area contributed by atoms with Crippen molar-refractivity contribution in [1.29, 1.82) is 0 Å². The van der Waals surface area contributed by atoms with Crippen molar-refractivity contribution in [2.75, 3.05) is 18.6 Å². The van der Waals surface area contributed by atoms with Crippen LogP contribution in [0.4, 0.5) is 5.69 Å². The molecular formula is C27H23ClN2O3. The summed E-state index contributed by atoms with van der Waals surface area (Å²) in [6.07, 6.45) is 1.05. The van der Waals surface area contributed by atoms with Gasteiger partial charge in [-0.15, -0.1) is 0 Å². The summed E-state index contributed by atoms with van der Waals surface area (Å²) in [6, 6.07) is 20.4. The number of nitrogens with zero attached hydrogens (tertiary/aromatic N) is 2. The first-order valence-corrected chi connectivity index (χ1v) is 11.2. The van der Waals surface area contributed by atoms with Crippen LogP contribution in [0.15, 0.2) is 66.7 Å². The molecule has 0 saturated heterocycles. The van der Waals surface area contributed by atoms with Crippen molar-refractivity contribution >= 4 is 40.0 Å². The van der Waals surface area contributed by atoms with Gasteiger partial charge in [0.15, 0.2) is 0 Å². The van der Waals surface area contributed by atoms with E-state index >= 15 is 0 Å². The molecule has 0 bridgehead atoms. The summed E-state index contributed by atoms with van der Waals surface area (Å²) in [4.78, 5) is 28.7. The summed E-state index contributed by atoms with van der Waals surface area (Å²) < 4.78 is 7.11. The Kier molecular flexibility index (Phi) is 5.43. The first-order valence-electron chi connectivity index (χ1n) is 10.8. The second kappa shape index (κ2) is 8.41. The third-order valence-electron chi connectivity index (χ3n) is 6.35. The van der Waals surface area contributed by atoms with E-state index in [1.807, 2.05) is 48.2 Å². The molecule has 5 nitrogen and oxygen atoms in total. The molecule has 1 aromatic heterocycles. The molecule has 3 aromatic carbocycles. The Morgan fingerprint density at radius 2 is 1.79 bits per heavy atom. The Balaban J connectivity index is 1.58. The van der Waals surface area contributed by atoms with Crippen LogP contribution < -0.4 is 9.64 Å². The average molecular weight is 459 g/mol. The van der Waals surface area contributed by atoms with Crippen molar-refractivity contribution in [3.8, 4) is 5.75 Å². The monoisotopic (exact) mass is 458 g/mol. The lowest BCUT2D eigenvalue weighted by Crippen LogP contribution is -2.30. The lowest BCUT2D eigenvalue weighted by Gasteiger charge is -2.17. The molecule has 6 heteroatoms. The van der Waals surface area contributed by atoms with E-state index in [1.165, 1.54) is 5.56 Å². The predicted octanol–water partition coefficient (Wildman–Crippen LogP) is 5.43. The zero-order valence-electron chi connectivity index (χ0n) is 18.5. The highest BCUT2D eigenvalue weighted by Gasteiger charge is 2.27. The van der Waals surface area contributed by atoms with Gasteiger partial charge in [-0.2, -0.15) is 0 Å². The molecule has 0 unspecified atom stereocenters. The van der Waals surface area contributed by atoms with Crippen molar-refractivity contribution in [3.05, 3.63) is 94.1 Å². The number of amides is 1. The molecule has 0 atom stereocenters. The number of rotatable bonds is 4. The molecule has 4 aromatic rings. The number of hydrogen-bond acceptors (Lipinski definition) is 3. The highest BCUT2D eigenvalue weighted by molar-refractivity contribution is 6.30. The molecule has 0 N–H and O–H groups in total. The summed E-state index contributed by atoms with van der Waals surface area (Å²) in [5.74, 6) is 0.534. The summed E-state index contributed by atoms with van der Waals surface area (Å²) in [7, 11) is 1.61. The van der Waals surface area contributed by atoms with Crippen molar-refractivity contribution in [1.82, 2.24) is 4.57 Å². The third-order valence-corrected chi connectivity index (χ3v) is 6.60. The summed E-state index contributed by atoms with van der Waals surface area (Å²) in [6.45, 7) is 2.56. The number of fused-ring (bicyclic) bond motifs is 2. The average Bonchev–Trinajstić information content (AvgIpc) is 3.38. The lowest BCUT2D eigenvalue weighted by atomic mass is 10.1. The molecule has 1 amide bonds. The summed E-state index contributed by atoms with van der Waals surface area (Å²) >= 11 is 6.01. The van der Waals surface area contributed by atoms with Crippen molar-refractivity contribution in [3.63, 3.8) is 0 Å². The van der Waals surface area contributed by atoms with E-state index in [1.54, 1.807) is 35.9 Å². The number of anilines is 1. The minimum absolute atomic E-state index is 0.0175. The fraction of sp³-hybridized carbons (Fsp3) is 0.185. The van der Waals surface area contributed by atoms with E-state index in [9.17, 15) is 9.59 Å². The molecule has 1 aliphatic heterocycles. The highest BCUT2D eigenvalue weighted by atomic mass is 35.5. The number of para-hydroxylation sites is 1. The van der Waals surface area contributed by atoms with Crippen LogP contribution in [-0.2, 0) is 17.6 Å². The topological polar surface area (TPSA) is 51.5 Å². The van der Waals surface area contributed by atoms with E-state index in [4.69, 9.17) is 16.3 Å². The SMILES string of the molecule is COc1ccc2c(c1)c(CC(=O)N1CCc3ccccc31)c(C)n2C(=O)c1ccc(Cl)cc1. The largest absolute Gasteiger partial charge is 0.497 e. The van der Waals surface area contributed by atoms with E-state index in [-0.39, 0.29) is 18.2 Å². The van der Waals surface area contributed by atoms with Gasteiger partial charge in [-0.05, 0) is 73.0 Å². The molecule has 0 spiro atoms. The van der Waals surface area contributed by atoms with Gasteiger partial charge in [0.2, 0.25) is 5.91 Å². The molecule has 5 rings (SSSR count). The smallest absolute Gasteiger partial charge is 0.262 e. The van der Waals surface area contributed by atoms with Crippen LogP contribution in [0.3, 0.4) is 0 Å². The molecule has 0 fully saturated rings. The Hall–Kier alpha value is -3.57. The van der Waals surface area contributed by atoms with Gasteiger partial charge in [0, 0.05) is 33.9 Å². The van der Waals surface area contributed by atoms with E-state index in [0.29, 0.717) is 22.9 Å². The maximum absolute atomic E-state index is 13.5. The van der Waals surface area contributed by atoms with Gasteiger partial charge in [0.1, 0.15) is 5.75 Å². The second-order valence-corrected chi connectivity index (χ2v) is 8.63. The van der Waals surface area contributed by atoms with E-state index < -0.39 is 0 Å². The molecule has 33 heavy (non-hydrogen) atoms. The van der Waals surface area contributed by atoms with E-state index in [0.717, 1.165) is 34.3 Å². The first-order chi connectivity index (χ1) is 16.0. The van der Waals surface area contributed by atoms with E-state index in [2.05, 4.69) is 6.07 Å². The molecule has 2 heterocycles. The van der Waals surface area contributed by atoms with Crippen LogP contribution in [0.5, 0.6) is 5.75 Å². The summed E-state index contributed by atoms with van der Waals surface area (Å²) in [5.41, 5.74) is 5.02. The quantitative estimate of drug-likeness (QED) is 0.409. The van der Waals surface area contributed by atoms with Crippen LogP contribution in [-0.4, -0.2) is 30.0 Å². The maximum Gasteiger partial charge on any atom is 0.262 e. The van der Waals surface area contributed by atoms with Crippen molar-refractivity contribution in [2.45, 2.75) is 19.8 Å². The van der Waals surface area contributed by atoms with Gasteiger partial charge >= 0.3 is 0 Å². The number of carbonyl (C=O) groups is 2. The standard InChI is InChI=1S/C27H23ClN2O3/c1-17-22(16-26(31)29-14-13-18-5-3-4-6-24(18)29)23-15-21(33-2)11-12-25(23)30(17)27(32)19-7-9-20(28)10-8-19/h3-12,15H,13-14,16H2,1-2H3. The second-order valence-electron chi connectivity index (χ2n) is 8.20. The number of halogens is 1. The van der Waals surface area contributed by atoms with Gasteiger partial charge in [-0.25, -0.2) is 0 Å². The minimum atomic E-state index is -0.162. The molecule has 0 radical (unpaired) electrons. The van der Waals surface area contributed by atoms with Gasteiger partial charge < -0.3 is 9.64 Å². The van der Waals surface area contributed by atoms with Gasteiger partial charge in [-0.1, -0.05) is 29.8 Å². The number of carbonyl (C=O) groups excluding carboxylic acids is 2. The first kappa shape index (κ1) is 21.3. The number of ether oxygens (including phenoxy) is 1. The predicted molar refractivity (Wildman–Crippen MR) is 131 cm³/mol. The van der Waals surface area contributed by atoms with Crippen LogP contribution in [0.25, 0.3) is 10.9 Å². The van der Waals surface area contributed by atoms with Crippen molar-refractivity contribution < 1.29 is 14.3 Å². The third kappa shape index (κ3) is 3.68. The van der Waals surface area contributed by atoms with Crippen LogP contribution in [0.2, 0.25) is 5.02 Å². The number of methoxy groups -OCH3 is 1. The lowest BCUT2D eigenvalue weighted by molar-refractivity contribution is -0.117. The Labute approximate surface area is 197 Å². The normalized spacial score (nSPS) is 12.8. The number of benzene rings is 3. The molecule has 0 aliphatic carbocycles. The number of hydrogen-bond donors (Lipinski definition) is 0. The molecular weight excluding hydrogens is 436 g/mol. The van der Waals surface area contributed by atoms with Crippen LogP contribution in [0.1, 0.15) is 27.2 Å². The highest BCUT2D eigenvalue weighted by Crippen LogP contribution is 2.33. The fourth-order valence-corrected chi connectivity index (χ4v) is 4.77. The van der Waals surface area contributed by atoms with Crippen LogP contribution >= 0.6 is 11.6 Å². The molecule has 0 saturated carbocycles. The zero-order chi connectivity index (χ0) is 23.1. The number of aromatic nitrogens is 1. The van der Waals surface area contributed by atoms with Crippen molar-refractivity contribution in [2.24, 2.45) is 0 Å².